The summed E-state index contributed by atoms with van der Waals surface area (Å²) in [6.07, 6.45) is 0. The van der Waals surface area contributed by atoms with E-state index in [2.05, 4.69) is 43.6 Å². The van der Waals surface area contributed by atoms with Crippen molar-refractivity contribution in [1.82, 2.24) is 14.5 Å². The number of carbonyl (C=O) groups is 1. The van der Waals surface area contributed by atoms with Crippen molar-refractivity contribution in [3.8, 4) is 11.4 Å². The van der Waals surface area contributed by atoms with E-state index in [-0.39, 0.29) is 17.2 Å². The number of ether oxygens (including phenoxy) is 1. The molecule has 1 amide bonds. The smallest absolute Gasteiger partial charge is 0.266 e. The van der Waals surface area contributed by atoms with Crippen LogP contribution in [0.15, 0.2) is 56.9 Å². The highest BCUT2D eigenvalue weighted by Gasteiger charge is 2.19. The monoisotopic (exact) mass is 531 g/mol. The van der Waals surface area contributed by atoms with Crippen molar-refractivity contribution in [2.75, 3.05) is 26.0 Å². The van der Waals surface area contributed by atoms with Crippen molar-refractivity contribution in [2.24, 2.45) is 11.8 Å². The molecule has 0 saturated heterocycles. The lowest BCUT2D eigenvalue weighted by atomic mass is 10.1. The van der Waals surface area contributed by atoms with Gasteiger partial charge in [0.1, 0.15) is 5.75 Å². The Morgan fingerprint density at radius 1 is 1.09 bits per heavy atom. The van der Waals surface area contributed by atoms with Gasteiger partial charge in [0.2, 0.25) is 5.91 Å². The van der Waals surface area contributed by atoms with Crippen LogP contribution < -0.4 is 10.3 Å². The largest absolute Gasteiger partial charge is 0.497 e. The summed E-state index contributed by atoms with van der Waals surface area (Å²) in [4.78, 5) is 33.2. The van der Waals surface area contributed by atoms with E-state index in [9.17, 15) is 9.59 Å². The second kappa shape index (κ2) is 11.2. The summed E-state index contributed by atoms with van der Waals surface area (Å²) in [6.45, 7) is 9.86. The number of nitrogens with zero attached hydrogens (tertiary/aromatic N) is 3. The molecule has 3 rings (SSSR count). The van der Waals surface area contributed by atoms with Gasteiger partial charge in [0.25, 0.3) is 5.56 Å². The van der Waals surface area contributed by atoms with Crippen LogP contribution in [-0.4, -0.2) is 46.3 Å². The fraction of sp³-hybridized carbons (Fsp3) is 0.400. The third kappa shape index (κ3) is 6.38. The molecule has 0 unspecified atom stereocenters. The SMILES string of the molecule is COc1ccc(-n2c(SCC(=O)N(CC(C)C)CC(C)C)nc3ccc(Br)cc3c2=O)cc1. The van der Waals surface area contributed by atoms with Crippen LogP contribution in [0.2, 0.25) is 0 Å². The van der Waals surface area contributed by atoms with Gasteiger partial charge >= 0.3 is 0 Å². The molecule has 0 N–H and O–H groups in total. The van der Waals surface area contributed by atoms with Gasteiger partial charge in [0, 0.05) is 17.6 Å². The van der Waals surface area contributed by atoms with Gasteiger partial charge in [0.15, 0.2) is 5.16 Å². The Kier molecular flexibility index (Phi) is 8.59. The van der Waals surface area contributed by atoms with E-state index < -0.39 is 0 Å². The number of carbonyl (C=O) groups excluding carboxylic acids is 1. The number of thioether (sulfide) groups is 1. The predicted octanol–water partition coefficient (Wildman–Crippen LogP) is 5.39. The molecule has 0 spiro atoms. The Labute approximate surface area is 207 Å². The maximum absolute atomic E-state index is 13.5. The lowest BCUT2D eigenvalue weighted by Crippen LogP contribution is -2.38. The fourth-order valence-corrected chi connectivity index (χ4v) is 4.85. The van der Waals surface area contributed by atoms with Crippen LogP contribution in [0.4, 0.5) is 0 Å². The van der Waals surface area contributed by atoms with E-state index in [1.165, 1.54) is 11.8 Å². The molecular weight excluding hydrogens is 502 g/mol. The zero-order chi connectivity index (χ0) is 24.1. The summed E-state index contributed by atoms with van der Waals surface area (Å²) in [6, 6.07) is 12.7. The summed E-state index contributed by atoms with van der Waals surface area (Å²) in [5.74, 6) is 1.73. The van der Waals surface area contributed by atoms with Gasteiger partial charge in [-0.1, -0.05) is 55.4 Å². The van der Waals surface area contributed by atoms with Crippen LogP contribution in [0.1, 0.15) is 27.7 Å². The Bertz CT molecular complexity index is 1170. The number of aromatic nitrogens is 2. The molecule has 0 fully saturated rings. The van der Waals surface area contributed by atoms with Gasteiger partial charge in [-0.3, -0.25) is 14.2 Å². The normalized spacial score (nSPS) is 11.4. The van der Waals surface area contributed by atoms with Crippen molar-refractivity contribution in [3.05, 3.63) is 57.3 Å². The molecule has 1 heterocycles. The van der Waals surface area contributed by atoms with Crippen LogP contribution in [0, 0.1) is 11.8 Å². The van der Waals surface area contributed by atoms with E-state index >= 15 is 0 Å². The van der Waals surface area contributed by atoms with Crippen LogP contribution in [0.3, 0.4) is 0 Å². The minimum atomic E-state index is -0.178. The van der Waals surface area contributed by atoms with E-state index in [4.69, 9.17) is 9.72 Å². The zero-order valence-corrected chi connectivity index (χ0v) is 22.1. The number of rotatable bonds is 9. The highest BCUT2D eigenvalue weighted by Crippen LogP contribution is 2.25. The number of methoxy groups -OCH3 is 1. The van der Waals surface area contributed by atoms with Gasteiger partial charge in [-0.25, -0.2) is 4.98 Å². The first-order valence-electron chi connectivity index (χ1n) is 11.0. The maximum atomic E-state index is 13.5. The van der Waals surface area contributed by atoms with E-state index in [0.717, 1.165) is 4.47 Å². The van der Waals surface area contributed by atoms with Crippen LogP contribution >= 0.6 is 27.7 Å². The minimum absolute atomic E-state index is 0.0498. The Morgan fingerprint density at radius 2 is 1.73 bits per heavy atom. The molecule has 8 heteroatoms. The van der Waals surface area contributed by atoms with Crippen LogP contribution in [-0.2, 0) is 4.79 Å². The second-order valence-electron chi connectivity index (χ2n) is 8.77. The molecule has 1 aromatic heterocycles. The molecule has 0 bridgehead atoms. The molecule has 176 valence electrons. The lowest BCUT2D eigenvalue weighted by Gasteiger charge is -2.26. The fourth-order valence-electron chi connectivity index (χ4n) is 3.57. The number of benzene rings is 2. The van der Waals surface area contributed by atoms with Crippen LogP contribution in [0.5, 0.6) is 5.75 Å². The third-order valence-corrected chi connectivity index (χ3v) is 6.40. The molecule has 0 saturated carbocycles. The zero-order valence-electron chi connectivity index (χ0n) is 19.7. The predicted molar refractivity (Wildman–Crippen MR) is 139 cm³/mol. The first-order chi connectivity index (χ1) is 15.7. The summed E-state index contributed by atoms with van der Waals surface area (Å²) < 4.78 is 7.64. The molecule has 0 radical (unpaired) electrons. The quantitative estimate of drug-likeness (QED) is 0.273. The number of halogens is 1. The standard InChI is InChI=1S/C25H30BrN3O3S/c1-16(2)13-28(14-17(3)4)23(30)15-33-25-27-22-11-6-18(26)12-21(22)24(31)29(25)19-7-9-20(32-5)10-8-19/h6-12,16-17H,13-15H2,1-5H3. The highest BCUT2D eigenvalue weighted by molar-refractivity contribution is 9.10. The van der Waals surface area contributed by atoms with Gasteiger partial charge in [-0.05, 0) is 54.3 Å². The number of hydrogen-bond donors (Lipinski definition) is 0. The second-order valence-corrected chi connectivity index (χ2v) is 10.6. The molecule has 33 heavy (non-hydrogen) atoms. The first kappa shape index (κ1) is 25.3. The number of fused-ring (bicyclic) bond motifs is 1. The van der Waals surface area contributed by atoms with Crippen molar-refractivity contribution in [1.29, 1.82) is 0 Å². The molecule has 6 nitrogen and oxygen atoms in total. The van der Waals surface area contributed by atoms with Crippen molar-refractivity contribution in [3.63, 3.8) is 0 Å². The first-order valence-corrected chi connectivity index (χ1v) is 12.7. The molecule has 0 aliphatic carbocycles. The third-order valence-electron chi connectivity index (χ3n) is 4.98. The average molecular weight is 533 g/mol. The Morgan fingerprint density at radius 3 is 2.30 bits per heavy atom. The number of amides is 1. The molecule has 3 aromatic rings. The maximum Gasteiger partial charge on any atom is 0.266 e. The summed E-state index contributed by atoms with van der Waals surface area (Å²) in [5, 5.41) is 1.000. The van der Waals surface area contributed by atoms with E-state index in [1.807, 2.05) is 29.2 Å². The molecule has 0 atom stereocenters. The van der Waals surface area contributed by atoms with E-state index in [0.29, 0.717) is 52.4 Å². The Hall–Kier alpha value is -2.32. The Balaban J connectivity index is 2.00. The summed E-state index contributed by atoms with van der Waals surface area (Å²) in [7, 11) is 1.60. The highest BCUT2D eigenvalue weighted by atomic mass is 79.9. The van der Waals surface area contributed by atoms with Crippen molar-refractivity contribution in [2.45, 2.75) is 32.9 Å². The van der Waals surface area contributed by atoms with Gasteiger partial charge < -0.3 is 9.64 Å². The van der Waals surface area contributed by atoms with Gasteiger partial charge in [-0.15, -0.1) is 0 Å². The minimum Gasteiger partial charge on any atom is -0.497 e. The van der Waals surface area contributed by atoms with Crippen molar-refractivity contribution < 1.29 is 9.53 Å². The molecular formula is C25H30BrN3O3S. The lowest BCUT2D eigenvalue weighted by molar-refractivity contribution is -0.129. The average Bonchev–Trinajstić information content (AvgIpc) is 2.77. The van der Waals surface area contributed by atoms with Crippen LogP contribution in [0.25, 0.3) is 16.6 Å². The van der Waals surface area contributed by atoms with E-state index in [1.54, 1.807) is 29.9 Å². The number of hydrogen-bond acceptors (Lipinski definition) is 5. The van der Waals surface area contributed by atoms with Gasteiger partial charge in [0.05, 0.1) is 29.5 Å². The van der Waals surface area contributed by atoms with Gasteiger partial charge in [-0.2, -0.15) is 0 Å². The summed E-state index contributed by atoms with van der Waals surface area (Å²) >= 11 is 4.74. The molecule has 0 aliphatic rings. The summed E-state index contributed by atoms with van der Waals surface area (Å²) in [5.41, 5.74) is 1.10. The topological polar surface area (TPSA) is 64.4 Å². The van der Waals surface area contributed by atoms with Crippen molar-refractivity contribution >= 4 is 44.5 Å². The molecule has 0 aliphatic heterocycles. The molecule has 2 aromatic carbocycles.